The molecule has 4 rings (SSSR count). The van der Waals surface area contributed by atoms with Gasteiger partial charge in [-0.05, 0) is 36.8 Å². The fraction of sp³-hybridized carbons (Fsp3) is 0.562. The normalized spacial score (nSPS) is 34.7. The third-order valence-corrected chi connectivity index (χ3v) is 5.12. The van der Waals surface area contributed by atoms with Gasteiger partial charge in [0.05, 0.1) is 5.92 Å². The number of hydrogen-bond acceptors (Lipinski definition) is 2. The summed E-state index contributed by atoms with van der Waals surface area (Å²) in [5, 5.41) is 6.70. The molecule has 0 radical (unpaired) electrons. The summed E-state index contributed by atoms with van der Waals surface area (Å²) in [6.45, 7) is 0.809. The Morgan fingerprint density at radius 1 is 1.32 bits per heavy atom. The van der Waals surface area contributed by atoms with Gasteiger partial charge < -0.3 is 10.6 Å². The van der Waals surface area contributed by atoms with Gasteiger partial charge in [0, 0.05) is 24.5 Å². The number of nitrogens with one attached hydrogen (secondary N) is 2. The first-order valence-corrected chi connectivity index (χ1v) is 7.43. The Morgan fingerprint density at radius 2 is 2.21 bits per heavy atom. The summed E-state index contributed by atoms with van der Waals surface area (Å²) in [5.74, 6) is 1.02. The van der Waals surface area contributed by atoms with Crippen molar-refractivity contribution in [3.63, 3.8) is 0 Å². The van der Waals surface area contributed by atoms with Crippen LogP contribution in [-0.2, 0) is 11.2 Å². The summed E-state index contributed by atoms with van der Waals surface area (Å²) in [6, 6.07) is 9.60. The molecule has 2 heterocycles. The van der Waals surface area contributed by atoms with E-state index in [4.69, 9.17) is 0 Å². The SMILES string of the molecule is O=C(NCC1Cc2ccccc21)C1CC2CCC1N2. The predicted molar refractivity (Wildman–Crippen MR) is 73.9 cm³/mol. The van der Waals surface area contributed by atoms with Crippen LogP contribution in [0.1, 0.15) is 36.3 Å². The lowest BCUT2D eigenvalue weighted by Crippen LogP contribution is -2.40. The topological polar surface area (TPSA) is 41.1 Å². The van der Waals surface area contributed by atoms with Gasteiger partial charge in [0.25, 0.3) is 0 Å². The maximum Gasteiger partial charge on any atom is 0.224 e. The third kappa shape index (κ3) is 1.88. The van der Waals surface area contributed by atoms with Crippen molar-refractivity contribution < 1.29 is 4.79 Å². The summed E-state index contributed by atoms with van der Waals surface area (Å²) in [6.07, 6.45) is 4.59. The van der Waals surface area contributed by atoms with Crippen LogP contribution < -0.4 is 10.6 Å². The first-order valence-electron chi connectivity index (χ1n) is 7.43. The monoisotopic (exact) mass is 256 g/mol. The third-order valence-electron chi connectivity index (χ3n) is 5.12. The van der Waals surface area contributed by atoms with Crippen LogP contribution in [0.15, 0.2) is 24.3 Å². The van der Waals surface area contributed by atoms with Gasteiger partial charge >= 0.3 is 0 Å². The van der Waals surface area contributed by atoms with Crippen molar-refractivity contribution in [1.82, 2.24) is 10.6 Å². The molecule has 3 nitrogen and oxygen atoms in total. The number of fused-ring (bicyclic) bond motifs is 3. The van der Waals surface area contributed by atoms with Crippen LogP contribution in [0.3, 0.4) is 0 Å². The first-order chi connectivity index (χ1) is 9.31. The molecule has 0 spiro atoms. The number of carbonyl (C=O) groups excluding carboxylic acids is 1. The van der Waals surface area contributed by atoms with Gasteiger partial charge in [0.15, 0.2) is 0 Å². The van der Waals surface area contributed by atoms with Crippen molar-refractivity contribution in [1.29, 1.82) is 0 Å². The average molecular weight is 256 g/mol. The molecule has 2 aliphatic heterocycles. The number of amides is 1. The number of benzene rings is 1. The molecular weight excluding hydrogens is 236 g/mol. The Balaban J connectivity index is 1.33. The van der Waals surface area contributed by atoms with Crippen molar-refractivity contribution in [3.8, 4) is 0 Å². The van der Waals surface area contributed by atoms with E-state index in [0.717, 1.165) is 19.4 Å². The molecule has 1 amide bonds. The Morgan fingerprint density at radius 3 is 2.95 bits per heavy atom. The maximum absolute atomic E-state index is 12.2. The van der Waals surface area contributed by atoms with E-state index in [1.54, 1.807) is 0 Å². The average Bonchev–Trinajstić information content (AvgIpc) is 3.02. The van der Waals surface area contributed by atoms with Gasteiger partial charge in [-0.3, -0.25) is 4.79 Å². The van der Waals surface area contributed by atoms with E-state index in [2.05, 4.69) is 34.9 Å². The second-order valence-electron chi connectivity index (χ2n) is 6.23. The minimum atomic E-state index is 0.217. The molecule has 19 heavy (non-hydrogen) atoms. The quantitative estimate of drug-likeness (QED) is 0.862. The molecule has 3 aliphatic rings. The molecule has 4 atom stereocenters. The molecule has 2 fully saturated rings. The summed E-state index contributed by atoms with van der Waals surface area (Å²) in [4.78, 5) is 12.2. The Hall–Kier alpha value is -1.35. The van der Waals surface area contributed by atoms with E-state index in [1.165, 1.54) is 24.0 Å². The second kappa shape index (κ2) is 4.34. The molecule has 1 aliphatic carbocycles. The van der Waals surface area contributed by atoms with Crippen molar-refractivity contribution in [2.24, 2.45) is 5.92 Å². The summed E-state index contributed by atoms with van der Waals surface area (Å²) < 4.78 is 0. The zero-order valence-electron chi connectivity index (χ0n) is 11.1. The number of hydrogen-bond donors (Lipinski definition) is 2. The van der Waals surface area contributed by atoms with Crippen LogP contribution in [0.5, 0.6) is 0 Å². The van der Waals surface area contributed by atoms with E-state index >= 15 is 0 Å². The second-order valence-corrected chi connectivity index (χ2v) is 6.23. The molecule has 1 aromatic carbocycles. The highest BCUT2D eigenvalue weighted by Gasteiger charge is 2.42. The lowest BCUT2D eigenvalue weighted by atomic mass is 9.77. The van der Waals surface area contributed by atoms with Gasteiger partial charge in [-0.1, -0.05) is 24.3 Å². The van der Waals surface area contributed by atoms with Crippen LogP contribution in [0.2, 0.25) is 0 Å². The van der Waals surface area contributed by atoms with E-state index < -0.39 is 0 Å². The highest BCUT2D eigenvalue weighted by atomic mass is 16.1. The minimum absolute atomic E-state index is 0.217. The lowest BCUT2D eigenvalue weighted by molar-refractivity contribution is -0.125. The molecule has 2 bridgehead atoms. The summed E-state index contributed by atoms with van der Waals surface area (Å²) in [5.41, 5.74) is 2.87. The number of rotatable bonds is 3. The van der Waals surface area contributed by atoms with Crippen molar-refractivity contribution >= 4 is 5.91 Å². The molecule has 2 saturated heterocycles. The van der Waals surface area contributed by atoms with E-state index in [9.17, 15) is 4.79 Å². The smallest absolute Gasteiger partial charge is 0.224 e. The molecule has 0 aromatic heterocycles. The largest absolute Gasteiger partial charge is 0.355 e. The van der Waals surface area contributed by atoms with E-state index in [1.807, 2.05) is 0 Å². The van der Waals surface area contributed by atoms with Crippen LogP contribution >= 0.6 is 0 Å². The Bertz CT molecular complexity index is 513. The van der Waals surface area contributed by atoms with Crippen molar-refractivity contribution in [2.75, 3.05) is 6.54 Å². The van der Waals surface area contributed by atoms with Gasteiger partial charge in [-0.15, -0.1) is 0 Å². The molecule has 3 heteroatoms. The molecular formula is C16H20N2O. The molecule has 100 valence electrons. The van der Waals surface area contributed by atoms with Crippen LogP contribution in [0.4, 0.5) is 0 Å². The summed E-state index contributed by atoms with van der Waals surface area (Å²) >= 11 is 0. The van der Waals surface area contributed by atoms with Gasteiger partial charge in [-0.2, -0.15) is 0 Å². The summed E-state index contributed by atoms with van der Waals surface area (Å²) in [7, 11) is 0. The van der Waals surface area contributed by atoms with Crippen molar-refractivity contribution in [3.05, 3.63) is 35.4 Å². The lowest BCUT2D eigenvalue weighted by Gasteiger charge is -2.31. The highest BCUT2D eigenvalue weighted by molar-refractivity contribution is 5.80. The Kier molecular flexibility index (Phi) is 2.62. The van der Waals surface area contributed by atoms with Gasteiger partial charge in [-0.25, -0.2) is 0 Å². The fourth-order valence-electron chi connectivity index (χ4n) is 4.01. The van der Waals surface area contributed by atoms with Gasteiger partial charge in [0.2, 0.25) is 5.91 Å². The fourth-order valence-corrected chi connectivity index (χ4v) is 4.01. The van der Waals surface area contributed by atoms with Crippen LogP contribution in [0, 0.1) is 5.92 Å². The molecule has 2 N–H and O–H groups in total. The maximum atomic E-state index is 12.2. The first kappa shape index (κ1) is 11.5. The van der Waals surface area contributed by atoms with Crippen LogP contribution in [0.25, 0.3) is 0 Å². The van der Waals surface area contributed by atoms with E-state index in [0.29, 0.717) is 18.0 Å². The number of carbonyl (C=O) groups is 1. The van der Waals surface area contributed by atoms with Crippen molar-refractivity contribution in [2.45, 2.75) is 43.7 Å². The molecule has 0 saturated carbocycles. The highest BCUT2D eigenvalue weighted by Crippen LogP contribution is 2.35. The Labute approximate surface area is 113 Å². The zero-order valence-corrected chi connectivity index (χ0v) is 11.1. The molecule has 4 unspecified atom stereocenters. The van der Waals surface area contributed by atoms with E-state index in [-0.39, 0.29) is 11.8 Å². The van der Waals surface area contributed by atoms with Gasteiger partial charge in [0.1, 0.15) is 0 Å². The minimum Gasteiger partial charge on any atom is -0.355 e. The zero-order chi connectivity index (χ0) is 12.8. The molecule has 1 aromatic rings. The standard InChI is InChI=1S/C16H20N2O/c19-16(14-8-12-5-6-15(14)18-12)17-9-11-7-10-3-1-2-4-13(10)11/h1-4,11-12,14-15,18H,5-9H2,(H,17,19). The predicted octanol–water partition coefficient (Wildman–Crippen LogP) is 1.58. The van der Waals surface area contributed by atoms with Crippen LogP contribution in [-0.4, -0.2) is 24.5 Å².